The molecule has 2 rings (SSSR count). The van der Waals surface area contributed by atoms with Crippen molar-refractivity contribution in [3.8, 4) is 11.3 Å². The van der Waals surface area contributed by atoms with Crippen LogP contribution in [0.25, 0.3) is 11.3 Å². The molecule has 0 unspecified atom stereocenters. The first-order valence-electron chi connectivity index (χ1n) is 5.85. The van der Waals surface area contributed by atoms with Crippen molar-refractivity contribution in [2.75, 3.05) is 5.32 Å². The van der Waals surface area contributed by atoms with E-state index in [2.05, 4.69) is 10.3 Å². The van der Waals surface area contributed by atoms with E-state index in [0.717, 1.165) is 0 Å². The molecule has 0 spiro atoms. The Labute approximate surface area is 110 Å². The summed E-state index contributed by atoms with van der Waals surface area (Å²) in [5.74, 6) is -0.647. The molecule has 19 heavy (non-hydrogen) atoms. The third-order valence-electron chi connectivity index (χ3n) is 2.60. The molecular weight excluding hydrogens is 245 g/mol. The molecule has 4 nitrogen and oxygen atoms in total. The summed E-state index contributed by atoms with van der Waals surface area (Å²) in [7, 11) is 0. The standard InChI is InChI=1S/C14H14FN3O/c1-9(16)14(19)18-11-6-4-10(5-7-11)13-12(15)3-2-8-17-13/h2-9H,16H2,1H3,(H,18,19)/t9-/m1/s1. The molecule has 1 aromatic heterocycles. The fourth-order valence-electron chi connectivity index (χ4n) is 1.57. The number of benzene rings is 1. The van der Waals surface area contributed by atoms with E-state index < -0.39 is 6.04 Å². The zero-order valence-corrected chi connectivity index (χ0v) is 10.4. The Balaban J connectivity index is 2.20. The highest BCUT2D eigenvalue weighted by atomic mass is 19.1. The highest BCUT2D eigenvalue weighted by molar-refractivity contribution is 5.94. The number of hydrogen-bond donors (Lipinski definition) is 2. The second-order valence-corrected chi connectivity index (χ2v) is 4.19. The lowest BCUT2D eigenvalue weighted by molar-refractivity contribution is -0.117. The van der Waals surface area contributed by atoms with Gasteiger partial charge >= 0.3 is 0 Å². The smallest absolute Gasteiger partial charge is 0.240 e. The summed E-state index contributed by atoms with van der Waals surface area (Å²) in [6.07, 6.45) is 1.53. The fraction of sp³-hybridized carbons (Fsp3) is 0.143. The predicted molar refractivity (Wildman–Crippen MR) is 71.9 cm³/mol. The minimum absolute atomic E-state index is 0.267. The molecule has 0 aliphatic heterocycles. The van der Waals surface area contributed by atoms with Crippen molar-refractivity contribution in [1.82, 2.24) is 4.98 Å². The van der Waals surface area contributed by atoms with E-state index in [-0.39, 0.29) is 17.4 Å². The summed E-state index contributed by atoms with van der Waals surface area (Å²) in [5.41, 5.74) is 7.00. The van der Waals surface area contributed by atoms with Crippen molar-refractivity contribution >= 4 is 11.6 Å². The normalized spacial score (nSPS) is 11.9. The maximum atomic E-state index is 13.5. The van der Waals surface area contributed by atoms with Crippen molar-refractivity contribution in [2.24, 2.45) is 5.73 Å². The van der Waals surface area contributed by atoms with Crippen molar-refractivity contribution in [1.29, 1.82) is 0 Å². The lowest BCUT2D eigenvalue weighted by Crippen LogP contribution is -2.32. The minimum Gasteiger partial charge on any atom is -0.325 e. The maximum absolute atomic E-state index is 13.5. The largest absolute Gasteiger partial charge is 0.325 e. The van der Waals surface area contributed by atoms with Crippen LogP contribution in [0.5, 0.6) is 0 Å². The minimum atomic E-state index is -0.576. The van der Waals surface area contributed by atoms with E-state index in [9.17, 15) is 9.18 Å². The zero-order chi connectivity index (χ0) is 13.8. The Kier molecular flexibility index (Phi) is 3.87. The molecular formula is C14H14FN3O. The van der Waals surface area contributed by atoms with Crippen LogP contribution >= 0.6 is 0 Å². The molecule has 1 amide bonds. The second kappa shape index (κ2) is 5.58. The van der Waals surface area contributed by atoms with E-state index in [0.29, 0.717) is 11.3 Å². The van der Waals surface area contributed by atoms with Gasteiger partial charge in [0.15, 0.2) is 0 Å². The fourth-order valence-corrected chi connectivity index (χ4v) is 1.57. The Morgan fingerprint density at radius 2 is 2.00 bits per heavy atom. The van der Waals surface area contributed by atoms with Gasteiger partial charge in [-0.2, -0.15) is 0 Å². The van der Waals surface area contributed by atoms with Gasteiger partial charge in [0.1, 0.15) is 11.5 Å². The summed E-state index contributed by atoms with van der Waals surface area (Å²) in [6, 6.07) is 9.08. The average Bonchev–Trinajstić information content (AvgIpc) is 2.40. The van der Waals surface area contributed by atoms with Gasteiger partial charge in [-0.1, -0.05) is 12.1 Å². The summed E-state index contributed by atoms with van der Waals surface area (Å²) in [5, 5.41) is 2.66. The molecule has 0 aliphatic rings. The van der Waals surface area contributed by atoms with Crippen LogP contribution in [0.2, 0.25) is 0 Å². The van der Waals surface area contributed by atoms with Crippen LogP contribution in [0.4, 0.5) is 10.1 Å². The first kappa shape index (κ1) is 13.2. The van der Waals surface area contributed by atoms with E-state index in [1.807, 2.05) is 0 Å². The van der Waals surface area contributed by atoms with Gasteiger partial charge in [-0.15, -0.1) is 0 Å². The monoisotopic (exact) mass is 259 g/mol. The van der Waals surface area contributed by atoms with Crippen molar-refractivity contribution in [3.63, 3.8) is 0 Å². The van der Waals surface area contributed by atoms with Gasteiger partial charge in [0.2, 0.25) is 5.91 Å². The quantitative estimate of drug-likeness (QED) is 0.887. The first-order chi connectivity index (χ1) is 9.08. The molecule has 98 valence electrons. The van der Waals surface area contributed by atoms with Gasteiger partial charge in [-0.25, -0.2) is 4.39 Å². The molecule has 0 saturated heterocycles. The third-order valence-corrected chi connectivity index (χ3v) is 2.60. The first-order valence-corrected chi connectivity index (χ1v) is 5.85. The van der Waals surface area contributed by atoms with Crippen LogP contribution in [0.15, 0.2) is 42.6 Å². The maximum Gasteiger partial charge on any atom is 0.240 e. The Morgan fingerprint density at radius 1 is 1.32 bits per heavy atom. The molecule has 0 radical (unpaired) electrons. The third kappa shape index (κ3) is 3.14. The van der Waals surface area contributed by atoms with Crippen LogP contribution in [0, 0.1) is 5.82 Å². The van der Waals surface area contributed by atoms with Crippen LogP contribution < -0.4 is 11.1 Å². The van der Waals surface area contributed by atoms with Crippen molar-refractivity contribution < 1.29 is 9.18 Å². The molecule has 5 heteroatoms. The number of carbonyl (C=O) groups is 1. The lowest BCUT2D eigenvalue weighted by atomic mass is 10.1. The number of halogens is 1. The van der Waals surface area contributed by atoms with E-state index in [1.54, 1.807) is 31.2 Å². The molecule has 0 saturated carbocycles. The second-order valence-electron chi connectivity index (χ2n) is 4.19. The molecule has 0 fully saturated rings. The lowest BCUT2D eigenvalue weighted by Gasteiger charge is -2.08. The average molecular weight is 259 g/mol. The number of aromatic nitrogens is 1. The van der Waals surface area contributed by atoms with Crippen LogP contribution in [-0.4, -0.2) is 16.9 Å². The van der Waals surface area contributed by atoms with Crippen molar-refractivity contribution in [3.05, 3.63) is 48.4 Å². The van der Waals surface area contributed by atoms with Crippen molar-refractivity contribution in [2.45, 2.75) is 13.0 Å². The predicted octanol–water partition coefficient (Wildman–Crippen LogP) is 2.17. The molecule has 0 bridgehead atoms. The number of nitrogens with two attached hydrogens (primary N) is 1. The van der Waals surface area contributed by atoms with E-state index in [4.69, 9.17) is 5.73 Å². The van der Waals surface area contributed by atoms with Gasteiger partial charge in [0.05, 0.1) is 6.04 Å². The number of hydrogen-bond acceptors (Lipinski definition) is 3. The van der Waals surface area contributed by atoms with Gasteiger partial charge < -0.3 is 11.1 Å². The van der Waals surface area contributed by atoms with Gasteiger partial charge in [0, 0.05) is 17.4 Å². The van der Waals surface area contributed by atoms with E-state index in [1.165, 1.54) is 18.3 Å². The highest BCUT2D eigenvalue weighted by Gasteiger charge is 2.08. The summed E-state index contributed by atoms with van der Waals surface area (Å²) < 4.78 is 13.5. The zero-order valence-electron chi connectivity index (χ0n) is 10.4. The number of amides is 1. The SMILES string of the molecule is C[C@@H](N)C(=O)Nc1ccc(-c2ncccc2F)cc1. The molecule has 1 heterocycles. The topological polar surface area (TPSA) is 68.0 Å². The molecule has 3 N–H and O–H groups in total. The Bertz CT molecular complexity index is 581. The summed E-state index contributed by atoms with van der Waals surface area (Å²) in [4.78, 5) is 15.4. The van der Waals surface area contributed by atoms with Gasteiger partial charge in [-0.05, 0) is 31.2 Å². The van der Waals surface area contributed by atoms with Crippen LogP contribution in [0.3, 0.4) is 0 Å². The van der Waals surface area contributed by atoms with Gasteiger partial charge in [-0.3, -0.25) is 9.78 Å². The number of pyridine rings is 1. The van der Waals surface area contributed by atoms with E-state index >= 15 is 0 Å². The number of nitrogens with zero attached hydrogens (tertiary/aromatic N) is 1. The summed E-state index contributed by atoms with van der Waals surface area (Å²) in [6.45, 7) is 1.60. The van der Waals surface area contributed by atoms with Gasteiger partial charge in [0.25, 0.3) is 0 Å². The van der Waals surface area contributed by atoms with Crippen LogP contribution in [0.1, 0.15) is 6.92 Å². The molecule has 1 aromatic carbocycles. The van der Waals surface area contributed by atoms with Crippen LogP contribution in [-0.2, 0) is 4.79 Å². The summed E-state index contributed by atoms with van der Waals surface area (Å²) >= 11 is 0. The number of anilines is 1. The number of carbonyl (C=O) groups excluding carboxylic acids is 1. The molecule has 1 atom stereocenters. The molecule has 0 aliphatic carbocycles. The molecule has 2 aromatic rings. The number of nitrogens with one attached hydrogen (secondary N) is 1. The Hall–Kier alpha value is -2.27. The number of rotatable bonds is 3. The highest BCUT2D eigenvalue weighted by Crippen LogP contribution is 2.21. The Morgan fingerprint density at radius 3 is 2.58 bits per heavy atom.